The van der Waals surface area contributed by atoms with Gasteiger partial charge in [0.1, 0.15) is 0 Å². The molecule has 0 fully saturated rings. The fourth-order valence-electron chi connectivity index (χ4n) is 2.81. The number of nitrogens with one attached hydrogen (secondary N) is 3. The molecule has 1 unspecified atom stereocenters. The van der Waals surface area contributed by atoms with Crippen LogP contribution in [-0.2, 0) is 16.0 Å². The third kappa shape index (κ3) is 4.76. The van der Waals surface area contributed by atoms with E-state index < -0.39 is 0 Å². The maximum absolute atomic E-state index is 12.1. The zero-order valence-corrected chi connectivity index (χ0v) is 13.9. The van der Waals surface area contributed by atoms with E-state index in [0.29, 0.717) is 38.3 Å². The first kappa shape index (κ1) is 16.9. The second-order valence-electron chi connectivity index (χ2n) is 5.94. The molecule has 1 aromatic carbocycles. The number of aromatic nitrogens is 2. The normalized spacial score (nSPS) is 15.8. The Balaban J connectivity index is 1.37. The van der Waals surface area contributed by atoms with Crippen molar-refractivity contribution >= 4 is 23.5 Å². The van der Waals surface area contributed by atoms with Crippen molar-refractivity contribution in [3.8, 4) is 0 Å². The Labute approximate surface area is 146 Å². The summed E-state index contributed by atoms with van der Waals surface area (Å²) in [5, 5.41) is 8.77. The fourth-order valence-corrected chi connectivity index (χ4v) is 2.81. The van der Waals surface area contributed by atoms with Crippen molar-refractivity contribution in [2.24, 2.45) is 5.92 Å². The molecule has 2 aromatic rings. The van der Waals surface area contributed by atoms with Crippen LogP contribution >= 0.6 is 0 Å². The minimum absolute atomic E-state index is 0.00519. The average molecular weight is 339 g/mol. The summed E-state index contributed by atoms with van der Waals surface area (Å²) in [5.41, 5.74) is 2.00. The average Bonchev–Trinajstić information content (AvgIpc) is 2.64. The molecule has 1 aliphatic heterocycles. The maximum atomic E-state index is 12.1. The van der Waals surface area contributed by atoms with Gasteiger partial charge in [-0.1, -0.05) is 18.2 Å². The van der Waals surface area contributed by atoms with Gasteiger partial charge in [-0.05, 0) is 30.5 Å². The number of hydrogen-bond acceptors (Lipinski definition) is 5. The summed E-state index contributed by atoms with van der Waals surface area (Å²) in [6.45, 7) is 1.03. The Morgan fingerprint density at radius 3 is 2.80 bits per heavy atom. The Morgan fingerprint density at radius 2 is 1.96 bits per heavy atom. The van der Waals surface area contributed by atoms with Gasteiger partial charge >= 0.3 is 0 Å². The highest BCUT2D eigenvalue weighted by Crippen LogP contribution is 2.27. The van der Waals surface area contributed by atoms with E-state index in [0.717, 1.165) is 11.3 Å². The predicted octanol–water partition coefficient (Wildman–Crippen LogP) is 1.60. The van der Waals surface area contributed by atoms with Crippen LogP contribution < -0.4 is 16.0 Å². The van der Waals surface area contributed by atoms with Gasteiger partial charge in [-0.15, -0.1) is 0 Å². The molecule has 2 heterocycles. The number of anilines is 2. The van der Waals surface area contributed by atoms with Gasteiger partial charge in [-0.2, -0.15) is 0 Å². The first-order valence-electron chi connectivity index (χ1n) is 8.39. The van der Waals surface area contributed by atoms with E-state index in [-0.39, 0.29) is 17.7 Å². The number of rotatable bonds is 7. The van der Waals surface area contributed by atoms with Crippen LogP contribution in [0.1, 0.15) is 18.4 Å². The van der Waals surface area contributed by atoms with Crippen molar-refractivity contribution in [3.05, 3.63) is 48.3 Å². The molecule has 1 aliphatic rings. The van der Waals surface area contributed by atoms with Crippen molar-refractivity contribution in [3.63, 3.8) is 0 Å². The summed E-state index contributed by atoms with van der Waals surface area (Å²) in [7, 11) is 0. The third-order valence-corrected chi connectivity index (χ3v) is 4.13. The number of hydrogen-bond donors (Lipinski definition) is 3. The summed E-state index contributed by atoms with van der Waals surface area (Å²) in [5.74, 6) is 0.322. The number of carbonyl (C=O) groups is 2. The standard InChI is InChI=1S/C18H21N5O2/c24-16(19-10-11-22-18-20-8-3-9-21-18)7-6-14-12-13-4-1-2-5-15(13)23-17(14)25/h1-5,8-9,14H,6-7,10-12H2,(H,19,24)(H,23,25)(H,20,21,22). The van der Waals surface area contributed by atoms with Crippen LogP contribution in [0, 0.1) is 5.92 Å². The lowest BCUT2D eigenvalue weighted by Crippen LogP contribution is -2.33. The van der Waals surface area contributed by atoms with Crippen molar-refractivity contribution in [2.75, 3.05) is 23.7 Å². The highest BCUT2D eigenvalue weighted by atomic mass is 16.2. The minimum atomic E-state index is -0.156. The first-order valence-corrected chi connectivity index (χ1v) is 8.39. The molecule has 7 heteroatoms. The summed E-state index contributed by atoms with van der Waals surface area (Å²) >= 11 is 0. The van der Waals surface area contributed by atoms with Crippen LogP contribution in [0.5, 0.6) is 0 Å². The Kier molecular flexibility index (Phi) is 5.56. The Morgan fingerprint density at radius 1 is 1.16 bits per heavy atom. The lowest BCUT2D eigenvalue weighted by molar-refractivity contribution is -0.122. The molecule has 2 amide bonds. The van der Waals surface area contributed by atoms with Gasteiger partial charge in [-0.25, -0.2) is 9.97 Å². The van der Waals surface area contributed by atoms with Gasteiger partial charge < -0.3 is 16.0 Å². The smallest absolute Gasteiger partial charge is 0.227 e. The van der Waals surface area contributed by atoms with E-state index in [1.165, 1.54) is 0 Å². The Bertz CT molecular complexity index is 735. The van der Waals surface area contributed by atoms with Crippen molar-refractivity contribution in [1.29, 1.82) is 0 Å². The Hall–Kier alpha value is -2.96. The molecular weight excluding hydrogens is 318 g/mol. The molecule has 3 N–H and O–H groups in total. The molecule has 1 aromatic heterocycles. The van der Waals surface area contributed by atoms with Crippen LogP contribution in [-0.4, -0.2) is 34.9 Å². The molecule has 0 bridgehead atoms. The SMILES string of the molecule is O=C(CCC1Cc2ccccc2NC1=O)NCCNc1ncccn1. The van der Waals surface area contributed by atoms with E-state index in [4.69, 9.17) is 0 Å². The number of nitrogens with zero attached hydrogens (tertiary/aromatic N) is 2. The molecule has 0 spiro atoms. The summed E-state index contributed by atoms with van der Waals surface area (Å²) in [6, 6.07) is 9.52. The topological polar surface area (TPSA) is 96.0 Å². The van der Waals surface area contributed by atoms with E-state index in [9.17, 15) is 9.59 Å². The van der Waals surface area contributed by atoms with Gasteiger partial charge in [0, 0.05) is 43.5 Å². The van der Waals surface area contributed by atoms with E-state index >= 15 is 0 Å². The summed E-state index contributed by atoms with van der Waals surface area (Å²) in [6.07, 6.45) is 4.87. The van der Waals surface area contributed by atoms with Crippen LogP contribution in [0.2, 0.25) is 0 Å². The van der Waals surface area contributed by atoms with Crippen LogP contribution in [0.15, 0.2) is 42.7 Å². The molecule has 7 nitrogen and oxygen atoms in total. The number of para-hydroxylation sites is 1. The van der Waals surface area contributed by atoms with Crippen molar-refractivity contribution < 1.29 is 9.59 Å². The molecular formula is C18H21N5O2. The molecule has 1 atom stereocenters. The molecule has 0 saturated heterocycles. The number of carbonyl (C=O) groups excluding carboxylic acids is 2. The van der Waals surface area contributed by atoms with Crippen LogP contribution in [0.3, 0.4) is 0 Å². The highest BCUT2D eigenvalue weighted by molar-refractivity contribution is 5.96. The number of benzene rings is 1. The lowest BCUT2D eigenvalue weighted by Gasteiger charge is -2.24. The van der Waals surface area contributed by atoms with Crippen molar-refractivity contribution in [1.82, 2.24) is 15.3 Å². The molecule has 0 aliphatic carbocycles. The summed E-state index contributed by atoms with van der Waals surface area (Å²) in [4.78, 5) is 32.1. The first-order chi connectivity index (χ1) is 12.2. The lowest BCUT2D eigenvalue weighted by atomic mass is 9.89. The number of fused-ring (bicyclic) bond motifs is 1. The zero-order chi connectivity index (χ0) is 17.5. The van der Waals surface area contributed by atoms with E-state index in [2.05, 4.69) is 25.9 Å². The van der Waals surface area contributed by atoms with Crippen molar-refractivity contribution in [2.45, 2.75) is 19.3 Å². The third-order valence-electron chi connectivity index (χ3n) is 4.13. The quantitative estimate of drug-likeness (QED) is 0.666. The second-order valence-corrected chi connectivity index (χ2v) is 5.94. The molecule has 0 saturated carbocycles. The van der Waals surface area contributed by atoms with Gasteiger partial charge in [0.05, 0.1) is 0 Å². The van der Waals surface area contributed by atoms with Crippen LogP contribution in [0.4, 0.5) is 11.6 Å². The van der Waals surface area contributed by atoms with E-state index in [1.54, 1.807) is 18.5 Å². The van der Waals surface area contributed by atoms with E-state index in [1.807, 2.05) is 24.3 Å². The monoisotopic (exact) mass is 339 g/mol. The predicted molar refractivity (Wildman–Crippen MR) is 95.0 cm³/mol. The molecule has 0 radical (unpaired) electrons. The fraction of sp³-hybridized carbons (Fsp3) is 0.333. The zero-order valence-electron chi connectivity index (χ0n) is 13.9. The largest absolute Gasteiger partial charge is 0.354 e. The van der Waals surface area contributed by atoms with Crippen LogP contribution in [0.25, 0.3) is 0 Å². The number of amides is 2. The minimum Gasteiger partial charge on any atom is -0.354 e. The molecule has 130 valence electrons. The maximum Gasteiger partial charge on any atom is 0.227 e. The molecule has 25 heavy (non-hydrogen) atoms. The highest BCUT2D eigenvalue weighted by Gasteiger charge is 2.26. The van der Waals surface area contributed by atoms with Gasteiger partial charge in [-0.3, -0.25) is 9.59 Å². The van der Waals surface area contributed by atoms with Gasteiger partial charge in [0.25, 0.3) is 0 Å². The van der Waals surface area contributed by atoms with Gasteiger partial charge in [0.15, 0.2) is 0 Å². The van der Waals surface area contributed by atoms with Gasteiger partial charge in [0.2, 0.25) is 17.8 Å². The second kappa shape index (κ2) is 8.23. The summed E-state index contributed by atoms with van der Waals surface area (Å²) < 4.78 is 0. The molecule has 3 rings (SSSR count).